The maximum absolute atomic E-state index is 13.0. The Morgan fingerprint density at radius 1 is 1.35 bits per heavy atom. The molecule has 1 aliphatic rings. The molecule has 0 bridgehead atoms. The molecule has 2 heterocycles. The molecule has 3 rings (SSSR count). The summed E-state index contributed by atoms with van der Waals surface area (Å²) in [5, 5.41) is 13.3. The van der Waals surface area contributed by atoms with Crippen LogP contribution in [-0.2, 0) is 4.79 Å². The van der Waals surface area contributed by atoms with Crippen molar-refractivity contribution in [1.82, 2.24) is 20.4 Å². The minimum absolute atomic E-state index is 0.0242. The van der Waals surface area contributed by atoms with Crippen LogP contribution in [0.2, 0.25) is 0 Å². The van der Waals surface area contributed by atoms with Crippen LogP contribution in [0, 0.1) is 18.7 Å². The second-order valence-corrected chi connectivity index (χ2v) is 6.46. The van der Waals surface area contributed by atoms with Gasteiger partial charge < -0.3 is 10.6 Å². The van der Waals surface area contributed by atoms with Crippen LogP contribution < -0.4 is 16.0 Å². The van der Waals surface area contributed by atoms with E-state index < -0.39 is 12.1 Å². The quantitative estimate of drug-likeness (QED) is 0.781. The zero-order chi connectivity index (χ0) is 18.8. The van der Waals surface area contributed by atoms with Gasteiger partial charge in [-0.3, -0.25) is 14.9 Å². The molecule has 3 unspecified atom stereocenters. The van der Waals surface area contributed by atoms with Crippen LogP contribution in [0.4, 0.5) is 10.2 Å². The molecule has 1 aromatic heterocycles. The fourth-order valence-electron chi connectivity index (χ4n) is 3.14. The first-order chi connectivity index (χ1) is 12.4. The van der Waals surface area contributed by atoms with Gasteiger partial charge in [-0.05, 0) is 44.5 Å². The number of nitrogens with one attached hydrogen (secondary N) is 3. The monoisotopic (exact) mass is 359 g/mol. The molecule has 0 aliphatic carbocycles. The van der Waals surface area contributed by atoms with E-state index in [2.05, 4.69) is 21.0 Å². The van der Waals surface area contributed by atoms with E-state index >= 15 is 0 Å². The first-order valence-corrected chi connectivity index (χ1v) is 8.58. The lowest BCUT2D eigenvalue weighted by molar-refractivity contribution is -0.130. The zero-order valence-corrected chi connectivity index (χ0v) is 14.9. The number of anilines is 1. The molecule has 0 spiro atoms. The normalized spacial score (nSPS) is 22.8. The summed E-state index contributed by atoms with van der Waals surface area (Å²) < 4.78 is 14.6. The van der Waals surface area contributed by atoms with Crippen LogP contribution in [0.3, 0.4) is 0 Å². The molecule has 1 aliphatic heterocycles. The highest BCUT2D eigenvalue weighted by Crippen LogP contribution is 2.21. The second kappa shape index (κ2) is 7.25. The number of hydrogen-bond donors (Lipinski definition) is 3. The smallest absolute Gasteiger partial charge is 0.256 e. The van der Waals surface area contributed by atoms with Gasteiger partial charge in [0.05, 0.1) is 11.6 Å². The van der Waals surface area contributed by atoms with Crippen LogP contribution in [0.1, 0.15) is 42.6 Å². The highest BCUT2D eigenvalue weighted by molar-refractivity contribution is 6.03. The summed E-state index contributed by atoms with van der Waals surface area (Å²) in [7, 11) is 0. The maximum atomic E-state index is 13.0. The van der Waals surface area contributed by atoms with E-state index in [1.165, 1.54) is 28.9 Å². The molecule has 8 heteroatoms. The molecule has 3 atom stereocenters. The van der Waals surface area contributed by atoms with Gasteiger partial charge in [0.15, 0.2) is 6.29 Å². The SMILES string of the molecule is CCC1C(=O)NC(n2nc(C)cc2NC(=O)c2ccc(F)cc2)NC1C. The van der Waals surface area contributed by atoms with Crippen molar-refractivity contribution in [3.8, 4) is 0 Å². The first kappa shape index (κ1) is 18.1. The largest absolute Gasteiger partial charge is 0.322 e. The number of halogens is 1. The average Bonchev–Trinajstić information content (AvgIpc) is 2.95. The summed E-state index contributed by atoms with van der Waals surface area (Å²) in [6, 6.07) is 6.97. The highest BCUT2D eigenvalue weighted by atomic mass is 19.1. The molecule has 138 valence electrons. The van der Waals surface area contributed by atoms with Gasteiger partial charge in [0.1, 0.15) is 11.6 Å². The minimum atomic E-state index is -0.558. The van der Waals surface area contributed by atoms with Crippen molar-refractivity contribution in [3.63, 3.8) is 0 Å². The number of carbonyl (C=O) groups is 2. The number of aromatic nitrogens is 2. The van der Waals surface area contributed by atoms with Crippen LogP contribution in [0.15, 0.2) is 30.3 Å². The molecule has 2 aromatic rings. The molecule has 1 fully saturated rings. The molecule has 3 N–H and O–H groups in total. The van der Waals surface area contributed by atoms with Crippen LogP contribution >= 0.6 is 0 Å². The van der Waals surface area contributed by atoms with Gasteiger partial charge in [-0.15, -0.1) is 0 Å². The van der Waals surface area contributed by atoms with Crippen molar-refractivity contribution in [2.45, 2.75) is 39.5 Å². The molecule has 2 amide bonds. The molecular formula is C18H22FN5O2. The lowest BCUT2D eigenvalue weighted by Crippen LogP contribution is -2.57. The molecule has 0 saturated carbocycles. The summed E-state index contributed by atoms with van der Waals surface area (Å²) >= 11 is 0. The lowest BCUT2D eigenvalue weighted by Gasteiger charge is -2.35. The van der Waals surface area contributed by atoms with Crippen molar-refractivity contribution in [2.24, 2.45) is 5.92 Å². The van der Waals surface area contributed by atoms with Crippen LogP contribution in [0.5, 0.6) is 0 Å². The maximum Gasteiger partial charge on any atom is 0.256 e. The fraction of sp³-hybridized carbons (Fsp3) is 0.389. The topological polar surface area (TPSA) is 88.1 Å². The minimum Gasteiger partial charge on any atom is -0.322 e. The Morgan fingerprint density at radius 2 is 2.04 bits per heavy atom. The summed E-state index contributed by atoms with van der Waals surface area (Å²) in [6.07, 6.45) is 0.177. The first-order valence-electron chi connectivity index (χ1n) is 8.58. The van der Waals surface area contributed by atoms with Gasteiger partial charge in [0, 0.05) is 17.7 Å². The fourth-order valence-corrected chi connectivity index (χ4v) is 3.14. The predicted molar refractivity (Wildman–Crippen MR) is 94.9 cm³/mol. The predicted octanol–water partition coefficient (Wildman–Crippen LogP) is 2.17. The Hall–Kier alpha value is -2.74. The van der Waals surface area contributed by atoms with Gasteiger partial charge in [0.25, 0.3) is 5.91 Å². The van der Waals surface area contributed by atoms with Crippen LogP contribution in [0.25, 0.3) is 0 Å². The van der Waals surface area contributed by atoms with Gasteiger partial charge in [0.2, 0.25) is 5.91 Å². The van der Waals surface area contributed by atoms with E-state index in [1.807, 2.05) is 13.8 Å². The Bertz CT molecular complexity index is 817. The number of rotatable bonds is 4. The van der Waals surface area contributed by atoms with Crippen molar-refractivity contribution in [2.75, 3.05) is 5.32 Å². The Morgan fingerprint density at radius 3 is 2.65 bits per heavy atom. The molecule has 0 radical (unpaired) electrons. The van der Waals surface area contributed by atoms with Gasteiger partial charge in [-0.1, -0.05) is 6.92 Å². The number of nitrogens with zero attached hydrogens (tertiary/aromatic N) is 2. The highest BCUT2D eigenvalue weighted by Gasteiger charge is 2.34. The Kier molecular flexibility index (Phi) is 5.03. The third-order valence-electron chi connectivity index (χ3n) is 4.53. The van der Waals surface area contributed by atoms with E-state index in [1.54, 1.807) is 13.0 Å². The number of benzene rings is 1. The molecule has 1 aromatic carbocycles. The summed E-state index contributed by atoms with van der Waals surface area (Å²) in [4.78, 5) is 24.7. The van der Waals surface area contributed by atoms with Crippen molar-refractivity contribution >= 4 is 17.6 Å². The Labute approximate surface area is 151 Å². The van der Waals surface area contributed by atoms with Gasteiger partial charge >= 0.3 is 0 Å². The van der Waals surface area contributed by atoms with Crippen molar-refractivity contribution < 1.29 is 14.0 Å². The zero-order valence-electron chi connectivity index (χ0n) is 14.9. The second-order valence-electron chi connectivity index (χ2n) is 6.46. The molecular weight excluding hydrogens is 337 g/mol. The van der Waals surface area contributed by atoms with Gasteiger partial charge in [-0.25, -0.2) is 9.07 Å². The molecule has 1 saturated heterocycles. The number of carbonyl (C=O) groups excluding carboxylic acids is 2. The summed E-state index contributed by atoms with van der Waals surface area (Å²) in [6.45, 7) is 5.72. The number of amides is 2. The van der Waals surface area contributed by atoms with Crippen LogP contribution in [-0.4, -0.2) is 27.6 Å². The third-order valence-corrected chi connectivity index (χ3v) is 4.53. The lowest BCUT2D eigenvalue weighted by atomic mass is 9.95. The van der Waals surface area contributed by atoms with E-state index in [0.717, 1.165) is 6.42 Å². The Balaban J connectivity index is 1.81. The summed E-state index contributed by atoms with van der Waals surface area (Å²) in [5.74, 6) is -0.506. The molecule has 7 nitrogen and oxygen atoms in total. The van der Waals surface area contributed by atoms with E-state index in [9.17, 15) is 14.0 Å². The number of hydrogen-bond acceptors (Lipinski definition) is 4. The standard InChI is InChI=1S/C18H22FN5O2/c1-4-14-11(3)20-18(22-17(14)26)24-15(9-10(2)23-24)21-16(25)12-5-7-13(19)8-6-12/h5-9,11,14,18,20H,4H2,1-3H3,(H,21,25)(H,22,26). The molecule has 26 heavy (non-hydrogen) atoms. The van der Waals surface area contributed by atoms with E-state index in [0.29, 0.717) is 17.1 Å². The van der Waals surface area contributed by atoms with E-state index in [4.69, 9.17) is 0 Å². The van der Waals surface area contributed by atoms with E-state index in [-0.39, 0.29) is 23.8 Å². The third kappa shape index (κ3) is 3.60. The average molecular weight is 359 g/mol. The van der Waals surface area contributed by atoms with Gasteiger partial charge in [-0.2, -0.15) is 5.10 Å². The van der Waals surface area contributed by atoms with Crippen molar-refractivity contribution in [1.29, 1.82) is 0 Å². The van der Waals surface area contributed by atoms with Crippen molar-refractivity contribution in [3.05, 3.63) is 47.4 Å². The number of aryl methyl sites for hydroxylation is 1. The summed E-state index contributed by atoms with van der Waals surface area (Å²) in [5.41, 5.74) is 1.03.